The zero-order valence-corrected chi connectivity index (χ0v) is 7.24. The average Bonchev–Trinajstić information content (AvgIpc) is 2.07. The Morgan fingerprint density at radius 1 is 1.50 bits per heavy atom. The van der Waals surface area contributed by atoms with Gasteiger partial charge in [-0.15, -0.1) is 0 Å². The van der Waals surface area contributed by atoms with Crippen LogP contribution in [0.2, 0.25) is 0 Å². The van der Waals surface area contributed by atoms with Gasteiger partial charge in [-0.25, -0.2) is 0 Å². The molecule has 0 fully saturated rings. The number of oxime groups is 1. The molecule has 0 atom stereocenters. The Morgan fingerprint density at radius 2 is 2.08 bits per heavy atom. The topological polar surface area (TPSA) is 69.2 Å². The van der Waals surface area contributed by atoms with Crippen molar-refractivity contribution in [1.82, 2.24) is 0 Å². The van der Waals surface area contributed by atoms with E-state index in [4.69, 9.17) is 15.4 Å². The zero-order valence-electron chi connectivity index (χ0n) is 7.24. The Bertz CT molecular complexity index is 220. The van der Waals surface area contributed by atoms with Gasteiger partial charge in [-0.2, -0.15) is 10.5 Å². The Hall–Kier alpha value is -1.55. The van der Waals surface area contributed by atoms with Crippen molar-refractivity contribution >= 4 is 5.71 Å². The van der Waals surface area contributed by atoms with Crippen LogP contribution in [0.4, 0.5) is 0 Å². The van der Waals surface area contributed by atoms with Gasteiger partial charge < -0.3 is 4.84 Å². The predicted molar refractivity (Wildman–Crippen MR) is 44.1 cm³/mol. The molecule has 12 heavy (non-hydrogen) atoms. The minimum absolute atomic E-state index is 0.411. The van der Waals surface area contributed by atoms with Crippen LogP contribution in [0, 0.1) is 28.6 Å². The van der Waals surface area contributed by atoms with E-state index in [2.05, 4.69) is 5.16 Å². The van der Waals surface area contributed by atoms with Crippen LogP contribution in [0.25, 0.3) is 0 Å². The van der Waals surface area contributed by atoms with E-state index >= 15 is 0 Å². The molecular formula is C8H11N3O. The minimum Gasteiger partial charge on any atom is -0.396 e. The molecule has 4 heteroatoms. The number of rotatable bonds is 4. The molecule has 0 aliphatic carbocycles. The van der Waals surface area contributed by atoms with E-state index in [1.807, 2.05) is 6.92 Å². The monoisotopic (exact) mass is 165 g/mol. The largest absolute Gasteiger partial charge is 0.396 e. The van der Waals surface area contributed by atoms with Gasteiger partial charge in [0.1, 0.15) is 6.61 Å². The minimum atomic E-state index is -0.790. The van der Waals surface area contributed by atoms with Crippen LogP contribution in [0.5, 0.6) is 0 Å². The van der Waals surface area contributed by atoms with E-state index in [0.717, 1.165) is 6.42 Å². The number of nitriles is 2. The fourth-order valence-electron chi connectivity index (χ4n) is 0.507. The van der Waals surface area contributed by atoms with Gasteiger partial charge in [0.25, 0.3) is 0 Å². The van der Waals surface area contributed by atoms with Crippen LogP contribution in [-0.4, -0.2) is 12.3 Å². The first-order valence-electron chi connectivity index (χ1n) is 3.72. The lowest BCUT2D eigenvalue weighted by Crippen LogP contribution is -2.06. The molecule has 0 aromatic carbocycles. The maximum atomic E-state index is 8.44. The van der Waals surface area contributed by atoms with E-state index in [1.165, 1.54) is 0 Å². The molecule has 0 saturated heterocycles. The summed E-state index contributed by atoms with van der Waals surface area (Å²) in [5, 5.41) is 20.5. The Kier molecular flexibility index (Phi) is 5.38. The molecule has 4 nitrogen and oxygen atoms in total. The highest BCUT2D eigenvalue weighted by Crippen LogP contribution is 1.97. The summed E-state index contributed by atoms with van der Waals surface area (Å²) in [6.45, 7) is 4.07. The van der Waals surface area contributed by atoms with E-state index < -0.39 is 5.92 Å². The van der Waals surface area contributed by atoms with Gasteiger partial charge in [0.05, 0.1) is 17.9 Å². The van der Waals surface area contributed by atoms with Crippen LogP contribution in [0.1, 0.15) is 20.3 Å². The summed E-state index contributed by atoms with van der Waals surface area (Å²) in [4.78, 5) is 4.81. The molecule has 0 spiro atoms. The molecule has 0 saturated carbocycles. The van der Waals surface area contributed by atoms with Crippen LogP contribution >= 0.6 is 0 Å². The van der Waals surface area contributed by atoms with Crippen molar-refractivity contribution in [2.24, 2.45) is 11.1 Å². The number of hydrogen-bond acceptors (Lipinski definition) is 4. The van der Waals surface area contributed by atoms with Crippen molar-refractivity contribution in [1.29, 1.82) is 10.5 Å². The SMILES string of the molecule is CCCON=C(C)C(C#N)C#N. The summed E-state index contributed by atoms with van der Waals surface area (Å²) in [5.41, 5.74) is 0.411. The van der Waals surface area contributed by atoms with Crippen LogP contribution in [0.15, 0.2) is 5.16 Å². The molecule has 0 aromatic heterocycles. The van der Waals surface area contributed by atoms with Crippen molar-refractivity contribution in [3.8, 4) is 12.1 Å². The fraction of sp³-hybridized carbons (Fsp3) is 0.625. The van der Waals surface area contributed by atoms with E-state index in [0.29, 0.717) is 12.3 Å². The number of nitrogens with zero attached hydrogens (tertiary/aromatic N) is 3. The Balaban J connectivity index is 4.01. The molecule has 0 aromatic rings. The van der Waals surface area contributed by atoms with Crippen LogP contribution in [-0.2, 0) is 4.84 Å². The quantitative estimate of drug-likeness (QED) is 0.359. The highest BCUT2D eigenvalue weighted by Gasteiger charge is 2.09. The first kappa shape index (κ1) is 10.4. The molecule has 0 aliphatic heterocycles. The molecule has 0 heterocycles. The fourth-order valence-corrected chi connectivity index (χ4v) is 0.507. The van der Waals surface area contributed by atoms with E-state index in [1.54, 1.807) is 19.1 Å². The molecule has 0 amide bonds. The third-order valence-electron chi connectivity index (χ3n) is 1.18. The van der Waals surface area contributed by atoms with Crippen LogP contribution in [0.3, 0.4) is 0 Å². The van der Waals surface area contributed by atoms with Gasteiger partial charge in [0, 0.05) is 0 Å². The van der Waals surface area contributed by atoms with Gasteiger partial charge >= 0.3 is 0 Å². The van der Waals surface area contributed by atoms with Gasteiger partial charge in [0.2, 0.25) is 0 Å². The van der Waals surface area contributed by atoms with Crippen molar-refractivity contribution in [2.45, 2.75) is 20.3 Å². The maximum absolute atomic E-state index is 8.44. The third kappa shape index (κ3) is 3.58. The lowest BCUT2D eigenvalue weighted by Gasteiger charge is -1.99. The summed E-state index contributed by atoms with van der Waals surface area (Å²) in [6, 6.07) is 3.61. The lowest BCUT2D eigenvalue weighted by atomic mass is 10.1. The molecule has 0 rings (SSSR count). The summed E-state index contributed by atoms with van der Waals surface area (Å²) in [5.74, 6) is -0.790. The van der Waals surface area contributed by atoms with Crippen LogP contribution < -0.4 is 0 Å². The normalized spacial score (nSPS) is 10.6. The van der Waals surface area contributed by atoms with Gasteiger partial charge in [0.15, 0.2) is 5.92 Å². The van der Waals surface area contributed by atoms with Crippen molar-refractivity contribution in [3.05, 3.63) is 0 Å². The average molecular weight is 165 g/mol. The summed E-state index contributed by atoms with van der Waals surface area (Å²) in [6.07, 6.45) is 0.862. The second-order valence-electron chi connectivity index (χ2n) is 2.26. The smallest absolute Gasteiger partial charge is 0.174 e. The molecule has 0 radical (unpaired) electrons. The summed E-state index contributed by atoms with van der Waals surface area (Å²) >= 11 is 0. The Labute approximate surface area is 72.0 Å². The predicted octanol–water partition coefficient (Wildman–Crippen LogP) is 1.45. The van der Waals surface area contributed by atoms with Gasteiger partial charge in [-0.3, -0.25) is 0 Å². The van der Waals surface area contributed by atoms with E-state index in [9.17, 15) is 0 Å². The second-order valence-corrected chi connectivity index (χ2v) is 2.26. The lowest BCUT2D eigenvalue weighted by molar-refractivity contribution is 0.144. The molecule has 64 valence electrons. The van der Waals surface area contributed by atoms with Gasteiger partial charge in [-0.1, -0.05) is 12.1 Å². The first-order valence-corrected chi connectivity index (χ1v) is 3.72. The molecule has 0 aliphatic rings. The van der Waals surface area contributed by atoms with Crippen molar-refractivity contribution in [3.63, 3.8) is 0 Å². The van der Waals surface area contributed by atoms with Crippen molar-refractivity contribution < 1.29 is 4.84 Å². The maximum Gasteiger partial charge on any atom is 0.174 e. The highest BCUT2D eigenvalue weighted by molar-refractivity contribution is 5.88. The molecular weight excluding hydrogens is 154 g/mol. The Morgan fingerprint density at radius 3 is 2.50 bits per heavy atom. The number of hydrogen-bond donors (Lipinski definition) is 0. The molecule has 0 unspecified atom stereocenters. The van der Waals surface area contributed by atoms with Gasteiger partial charge in [-0.05, 0) is 13.3 Å². The molecule has 0 N–H and O–H groups in total. The zero-order chi connectivity index (χ0) is 9.40. The molecule has 0 bridgehead atoms. The second kappa shape index (κ2) is 6.18. The summed E-state index contributed by atoms with van der Waals surface area (Å²) in [7, 11) is 0. The third-order valence-corrected chi connectivity index (χ3v) is 1.18. The standard InChI is InChI=1S/C8H11N3O/c1-3-4-12-11-7(2)8(5-9)6-10/h8H,3-4H2,1-2H3. The first-order chi connectivity index (χ1) is 5.76. The summed E-state index contributed by atoms with van der Waals surface area (Å²) < 4.78 is 0. The van der Waals surface area contributed by atoms with Crippen molar-refractivity contribution in [2.75, 3.05) is 6.61 Å². The van der Waals surface area contributed by atoms with E-state index in [-0.39, 0.29) is 0 Å². The highest BCUT2D eigenvalue weighted by atomic mass is 16.6.